The summed E-state index contributed by atoms with van der Waals surface area (Å²) in [6.07, 6.45) is 1.49. The predicted molar refractivity (Wildman–Crippen MR) is 109 cm³/mol. The molecule has 1 aromatic carbocycles. The van der Waals surface area contributed by atoms with Crippen molar-refractivity contribution in [1.29, 1.82) is 0 Å². The molecule has 1 aromatic rings. The number of anilines is 1. The fourth-order valence-electron chi connectivity index (χ4n) is 3.51. The van der Waals surface area contributed by atoms with Crippen LogP contribution in [0.15, 0.2) is 23.2 Å². The van der Waals surface area contributed by atoms with Crippen molar-refractivity contribution in [2.24, 2.45) is 10.9 Å². The fraction of sp³-hybridized carbons (Fsp3) is 0.556. The van der Waals surface area contributed by atoms with Gasteiger partial charge < -0.3 is 4.90 Å². The van der Waals surface area contributed by atoms with E-state index in [1.54, 1.807) is 6.07 Å². The summed E-state index contributed by atoms with van der Waals surface area (Å²) in [4.78, 5) is 18.9. The van der Waals surface area contributed by atoms with Crippen LogP contribution in [0, 0.1) is 12.8 Å². The maximum Gasteiger partial charge on any atom is 0.251 e. The van der Waals surface area contributed by atoms with Crippen molar-refractivity contribution in [3.05, 3.63) is 28.8 Å². The van der Waals surface area contributed by atoms with Gasteiger partial charge in [0.1, 0.15) is 0 Å². The zero-order valence-corrected chi connectivity index (χ0v) is 17.5. The van der Waals surface area contributed by atoms with Crippen LogP contribution in [-0.4, -0.2) is 42.3 Å². The molecule has 0 aromatic heterocycles. The second-order valence-corrected chi connectivity index (χ2v) is 10.6. The van der Waals surface area contributed by atoms with Crippen LogP contribution in [0.4, 0.5) is 5.69 Å². The first-order chi connectivity index (χ1) is 12.3. The first kappa shape index (κ1) is 19.7. The van der Waals surface area contributed by atoms with E-state index < -0.39 is 9.84 Å². The summed E-state index contributed by atoms with van der Waals surface area (Å²) in [5, 5.41) is 1.06. The van der Waals surface area contributed by atoms with Crippen molar-refractivity contribution < 1.29 is 13.2 Å². The van der Waals surface area contributed by atoms with Crippen LogP contribution < -0.4 is 4.90 Å². The number of benzene rings is 1. The molecule has 2 atom stereocenters. The van der Waals surface area contributed by atoms with Gasteiger partial charge in [0.25, 0.3) is 5.91 Å². The van der Waals surface area contributed by atoms with E-state index in [4.69, 9.17) is 11.6 Å². The van der Waals surface area contributed by atoms with Crippen molar-refractivity contribution in [3.8, 4) is 0 Å². The first-order valence-electron chi connectivity index (χ1n) is 8.80. The topological polar surface area (TPSA) is 66.8 Å². The lowest BCUT2D eigenvalue weighted by atomic mass is 10.0. The molecule has 8 heteroatoms. The van der Waals surface area contributed by atoms with Crippen molar-refractivity contribution in [3.63, 3.8) is 0 Å². The number of sulfone groups is 1. The molecular weight excluding hydrogens is 392 g/mol. The second kappa shape index (κ2) is 7.52. The lowest BCUT2D eigenvalue weighted by Crippen LogP contribution is -2.38. The summed E-state index contributed by atoms with van der Waals surface area (Å²) in [7, 11) is -3.08. The molecule has 1 amide bonds. The highest BCUT2D eigenvalue weighted by Crippen LogP contribution is 2.42. The van der Waals surface area contributed by atoms with E-state index in [0.29, 0.717) is 10.2 Å². The van der Waals surface area contributed by atoms with Crippen molar-refractivity contribution >= 4 is 50.0 Å². The molecule has 0 spiro atoms. The summed E-state index contributed by atoms with van der Waals surface area (Å²) in [6.45, 7) is 5.91. The number of halogens is 1. The smallest absolute Gasteiger partial charge is 0.251 e. The Labute approximate surface area is 164 Å². The van der Waals surface area contributed by atoms with E-state index in [9.17, 15) is 13.2 Å². The van der Waals surface area contributed by atoms with Crippen molar-refractivity contribution in [2.45, 2.75) is 44.9 Å². The van der Waals surface area contributed by atoms with E-state index in [2.05, 4.69) is 4.99 Å². The van der Waals surface area contributed by atoms with Crippen molar-refractivity contribution in [2.75, 3.05) is 16.4 Å². The molecule has 2 saturated heterocycles. The third kappa shape index (κ3) is 3.80. The molecule has 0 unspecified atom stereocenters. The number of amidine groups is 1. The van der Waals surface area contributed by atoms with E-state index >= 15 is 0 Å². The summed E-state index contributed by atoms with van der Waals surface area (Å²) in [5.41, 5.74) is 1.80. The van der Waals surface area contributed by atoms with E-state index in [1.807, 2.05) is 37.8 Å². The number of rotatable bonds is 4. The van der Waals surface area contributed by atoms with Crippen LogP contribution in [0.2, 0.25) is 5.02 Å². The lowest BCUT2D eigenvalue weighted by molar-refractivity contribution is -0.121. The number of hydrogen-bond donors (Lipinski definition) is 0. The summed E-state index contributed by atoms with van der Waals surface area (Å²) < 4.78 is 24.3. The van der Waals surface area contributed by atoms with Gasteiger partial charge in [0.15, 0.2) is 15.0 Å². The quantitative estimate of drug-likeness (QED) is 0.751. The highest BCUT2D eigenvalue weighted by atomic mass is 35.5. The number of amides is 1. The molecule has 5 nitrogen and oxygen atoms in total. The molecule has 142 valence electrons. The zero-order valence-electron chi connectivity index (χ0n) is 15.1. The van der Waals surface area contributed by atoms with Gasteiger partial charge in [-0.05, 0) is 37.5 Å². The number of aryl methyl sites for hydroxylation is 1. The molecule has 26 heavy (non-hydrogen) atoms. The summed E-state index contributed by atoms with van der Waals surface area (Å²) in [5.74, 6) is -0.0366. The van der Waals surface area contributed by atoms with Crippen LogP contribution in [0.5, 0.6) is 0 Å². The van der Waals surface area contributed by atoms with E-state index in [1.165, 1.54) is 11.8 Å². The van der Waals surface area contributed by atoms with Crippen LogP contribution in [0.1, 0.15) is 32.3 Å². The third-order valence-electron chi connectivity index (χ3n) is 5.04. The molecule has 0 bridgehead atoms. The number of hydrogen-bond acceptors (Lipinski definition) is 4. The third-order valence-corrected chi connectivity index (χ3v) is 8.48. The molecule has 0 N–H and O–H groups in total. The van der Waals surface area contributed by atoms with Gasteiger partial charge in [-0.25, -0.2) is 8.42 Å². The Morgan fingerprint density at radius 3 is 2.69 bits per heavy atom. The second-order valence-electron chi connectivity index (χ2n) is 6.85. The molecule has 0 saturated carbocycles. The fourth-order valence-corrected chi connectivity index (χ4v) is 7.59. The Hall–Kier alpha value is -1.05. The Morgan fingerprint density at radius 2 is 2.04 bits per heavy atom. The standard InChI is InChI=1S/C18H23ClN2O3S2/c1-4-12(5-2)17(22)20-18-21(14-8-13(19)7-6-11(14)3)15-9-26(23,24)10-16(15)25-18/h6-8,12,15-16H,4-5,9-10H2,1-3H3/t15-,16-/m0/s1. The minimum Gasteiger partial charge on any atom is -0.315 e. The Bertz CT molecular complexity index is 850. The van der Waals surface area contributed by atoms with Gasteiger partial charge in [-0.1, -0.05) is 43.3 Å². The molecule has 2 aliphatic rings. The maximum absolute atomic E-state index is 12.6. The molecule has 2 aliphatic heterocycles. The van der Waals surface area contributed by atoms with E-state index in [0.717, 1.165) is 24.1 Å². The van der Waals surface area contributed by atoms with E-state index in [-0.39, 0.29) is 34.6 Å². The minimum atomic E-state index is -3.08. The molecule has 2 fully saturated rings. The summed E-state index contributed by atoms with van der Waals surface area (Å²) >= 11 is 7.59. The highest BCUT2D eigenvalue weighted by Gasteiger charge is 2.49. The van der Waals surface area contributed by atoms with Gasteiger partial charge >= 0.3 is 0 Å². The van der Waals surface area contributed by atoms with Gasteiger partial charge in [0.05, 0.1) is 17.5 Å². The van der Waals surface area contributed by atoms with Gasteiger partial charge in [-0.3, -0.25) is 4.79 Å². The highest BCUT2D eigenvalue weighted by molar-refractivity contribution is 8.16. The van der Waals surface area contributed by atoms with Gasteiger partial charge in [-0.15, -0.1) is 0 Å². The monoisotopic (exact) mass is 414 g/mol. The zero-order chi connectivity index (χ0) is 19.1. The molecule has 0 aliphatic carbocycles. The normalized spacial score (nSPS) is 25.9. The Morgan fingerprint density at radius 1 is 1.35 bits per heavy atom. The van der Waals surface area contributed by atoms with Crippen LogP contribution in [0.25, 0.3) is 0 Å². The average Bonchev–Trinajstić information content (AvgIpc) is 3.02. The van der Waals surface area contributed by atoms with Crippen LogP contribution in [-0.2, 0) is 14.6 Å². The predicted octanol–water partition coefficient (Wildman–Crippen LogP) is 3.69. The lowest BCUT2D eigenvalue weighted by Gasteiger charge is -2.26. The number of nitrogens with zero attached hydrogens (tertiary/aromatic N) is 2. The number of carbonyl (C=O) groups excluding carboxylic acids is 1. The molecule has 0 radical (unpaired) electrons. The average molecular weight is 415 g/mol. The van der Waals surface area contributed by atoms with Gasteiger partial charge in [0, 0.05) is 21.9 Å². The van der Waals surface area contributed by atoms with Gasteiger partial charge in [0.2, 0.25) is 0 Å². The Balaban J connectivity index is 2.04. The van der Waals surface area contributed by atoms with Crippen molar-refractivity contribution in [1.82, 2.24) is 0 Å². The number of fused-ring (bicyclic) bond motifs is 1. The molecule has 2 heterocycles. The van der Waals surface area contributed by atoms with Gasteiger partial charge in [-0.2, -0.15) is 4.99 Å². The minimum absolute atomic E-state index is 0.0782. The number of aliphatic imine (C=N–C) groups is 1. The largest absolute Gasteiger partial charge is 0.315 e. The van der Waals surface area contributed by atoms with Crippen LogP contribution >= 0.6 is 23.4 Å². The van der Waals surface area contributed by atoms with Crippen LogP contribution in [0.3, 0.4) is 0 Å². The maximum atomic E-state index is 12.6. The summed E-state index contributed by atoms with van der Waals surface area (Å²) in [6, 6.07) is 5.32. The number of thioether (sulfide) groups is 1. The Kier molecular flexibility index (Phi) is 5.70. The molecular formula is C18H23ClN2O3S2. The SMILES string of the molecule is CCC(CC)C(=O)N=C1S[C@H]2CS(=O)(=O)C[C@@H]2N1c1cc(Cl)ccc1C. The molecule has 3 rings (SSSR count). The first-order valence-corrected chi connectivity index (χ1v) is 11.9. The number of carbonyl (C=O) groups is 1.